The van der Waals surface area contributed by atoms with E-state index in [1.807, 2.05) is 24.8 Å². The number of aryl methyl sites for hydroxylation is 1. The summed E-state index contributed by atoms with van der Waals surface area (Å²) in [6.07, 6.45) is 4.87. The average Bonchev–Trinajstić information content (AvgIpc) is 3.32. The van der Waals surface area contributed by atoms with Gasteiger partial charge in [0.25, 0.3) is 5.88 Å². The van der Waals surface area contributed by atoms with Crippen LogP contribution in [0.3, 0.4) is 0 Å². The molecule has 3 aromatic rings. The van der Waals surface area contributed by atoms with E-state index in [1.165, 1.54) is 0 Å². The van der Waals surface area contributed by atoms with Gasteiger partial charge in [0.2, 0.25) is 5.91 Å². The number of rotatable bonds is 6. The minimum Gasteiger partial charge on any atom is -0.473 e. The number of nitrogens with zero attached hydrogens (tertiary/aromatic N) is 3. The highest BCUT2D eigenvalue weighted by Gasteiger charge is 2.26. The third-order valence-corrected chi connectivity index (χ3v) is 5.11. The molecule has 0 spiro atoms. The predicted octanol–water partition coefficient (Wildman–Crippen LogP) is 3.68. The number of likely N-dealkylation sites (tertiary alicyclic amines) is 1. The number of ether oxygens (including phenoxy) is 1. The molecule has 1 aliphatic rings. The lowest BCUT2D eigenvalue weighted by Crippen LogP contribution is -2.39. The molecule has 1 amide bonds. The van der Waals surface area contributed by atoms with Crippen molar-refractivity contribution in [2.24, 2.45) is 0 Å². The van der Waals surface area contributed by atoms with Crippen LogP contribution in [0.15, 0.2) is 35.0 Å². The van der Waals surface area contributed by atoms with Crippen molar-refractivity contribution >= 4 is 16.9 Å². The van der Waals surface area contributed by atoms with Gasteiger partial charge in [-0.15, -0.1) is 0 Å². The number of amides is 1. The van der Waals surface area contributed by atoms with Gasteiger partial charge in [-0.05, 0) is 50.0 Å². The van der Waals surface area contributed by atoms with Gasteiger partial charge in [0, 0.05) is 55.2 Å². The number of hydrogen-bond acceptors (Lipinski definition) is 5. The molecule has 28 heavy (non-hydrogen) atoms. The smallest absolute Gasteiger partial charge is 0.254 e. The Labute approximate surface area is 164 Å². The molecule has 1 saturated heterocycles. The number of pyridine rings is 1. The lowest BCUT2D eigenvalue weighted by Gasteiger charge is -2.32. The molecule has 1 atom stereocenters. The van der Waals surface area contributed by atoms with E-state index in [0.29, 0.717) is 30.4 Å². The molecule has 7 heteroatoms. The molecule has 3 aromatic heterocycles. The Hall–Kier alpha value is -2.83. The fourth-order valence-corrected chi connectivity index (χ4v) is 3.75. The van der Waals surface area contributed by atoms with Crippen molar-refractivity contribution < 1.29 is 14.1 Å². The summed E-state index contributed by atoms with van der Waals surface area (Å²) in [5, 5.41) is 5.00. The Balaban J connectivity index is 1.34. The summed E-state index contributed by atoms with van der Waals surface area (Å²) in [7, 11) is 0. The number of hydrogen-bond donors (Lipinski definition) is 1. The maximum absolute atomic E-state index is 12.7. The normalized spacial score (nSPS) is 17.4. The van der Waals surface area contributed by atoms with E-state index in [0.717, 1.165) is 42.7 Å². The zero-order valence-corrected chi connectivity index (χ0v) is 16.4. The third-order valence-electron chi connectivity index (χ3n) is 5.11. The molecule has 4 rings (SSSR count). The lowest BCUT2D eigenvalue weighted by molar-refractivity contribution is -0.132. The number of piperidine rings is 1. The van der Waals surface area contributed by atoms with E-state index in [2.05, 4.69) is 27.3 Å². The van der Waals surface area contributed by atoms with Crippen LogP contribution in [0, 0.1) is 0 Å². The van der Waals surface area contributed by atoms with E-state index in [4.69, 9.17) is 9.26 Å². The van der Waals surface area contributed by atoms with Crippen LogP contribution >= 0.6 is 0 Å². The van der Waals surface area contributed by atoms with Gasteiger partial charge in [-0.3, -0.25) is 4.79 Å². The summed E-state index contributed by atoms with van der Waals surface area (Å²) < 4.78 is 10.8. The van der Waals surface area contributed by atoms with Crippen LogP contribution in [0.4, 0.5) is 0 Å². The van der Waals surface area contributed by atoms with Crippen molar-refractivity contribution in [1.29, 1.82) is 0 Å². The SMILES string of the molecule is CC(C)Oc1cc(CCC(=O)N2CCC[C@H](c3cc4cccnc4[nH]3)C2)on1. The number of aromatic nitrogens is 3. The quantitative estimate of drug-likeness (QED) is 0.703. The molecule has 0 bridgehead atoms. The Morgan fingerprint density at radius 3 is 3.14 bits per heavy atom. The largest absolute Gasteiger partial charge is 0.473 e. The monoisotopic (exact) mass is 382 g/mol. The molecule has 148 valence electrons. The fraction of sp³-hybridized carbons (Fsp3) is 0.476. The topological polar surface area (TPSA) is 84.2 Å². The molecular weight excluding hydrogens is 356 g/mol. The number of H-pyrrole nitrogens is 1. The zero-order valence-electron chi connectivity index (χ0n) is 16.4. The molecule has 1 fully saturated rings. The number of fused-ring (bicyclic) bond motifs is 1. The number of carbonyl (C=O) groups excluding carboxylic acids is 1. The first-order chi connectivity index (χ1) is 13.6. The molecule has 7 nitrogen and oxygen atoms in total. The van der Waals surface area contributed by atoms with E-state index in [9.17, 15) is 4.79 Å². The summed E-state index contributed by atoms with van der Waals surface area (Å²) >= 11 is 0. The second-order valence-corrected chi connectivity index (χ2v) is 7.64. The summed E-state index contributed by atoms with van der Waals surface area (Å²) in [6.45, 7) is 5.43. The summed E-state index contributed by atoms with van der Waals surface area (Å²) in [5.41, 5.74) is 2.07. The minimum absolute atomic E-state index is 0.0460. The van der Waals surface area contributed by atoms with Crippen molar-refractivity contribution in [2.45, 2.75) is 51.6 Å². The van der Waals surface area contributed by atoms with Gasteiger partial charge >= 0.3 is 0 Å². The number of carbonyl (C=O) groups is 1. The molecule has 0 aliphatic carbocycles. The van der Waals surface area contributed by atoms with Gasteiger partial charge in [-0.2, -0.15) is 0 Å². The maximum Gasteiger partial charge on any atom is 0.254 e. The molecule has 1 aliphatic heterocycles. The van der Waals surface area contributed by atoms with Crippen LogP contribution in [0.1, 0.15) is 50.5 Å². The predicted molar refractivity (Wildman–Crippen MR) is 105 cm³/mol. The van der Waals surface area contributed by atoms with E-state index in [1.54, 1.807) is 12.3 Å². The van der Waals surface area contributed by atoms with Gasteiger partial charge < -0.3 is 19.1 Å². The molecule has 0 saturated carbocycles. The Morgan fingerprint density at radius 1 is 1.43 bits per heavy atom. The molecule has 1 N–H and O–H groups in total. The maximum atomic E-state index is 12.7. The standard InChI is InChI=1S/C21H26N4O3/c1-14(2)27-19-12-17(28-24-19)7-8-20(26)25-10-4-6-16(13-25)18-11-15-5-3-9-22-21(15)23-18/h3,5,9,11-12,14,16H,4,6-8,10,13H2,1-2H3,(H,22,23)/t16-/m0/s1. The van der Waals surface area contributed by atoms with Gasteiger partial charge in [0.15, 0.2) is 0 Å². The first-order valence-corrected chi connectivity index (χ1v) is 9.92. The van der Waals surface area contributed by atoms with Crippen molar-refractivity contribution in [2.75, 3.05) is 13.1 Å². The molecule has 0 aromatic carbocycles. The van der Waals surface area contributed by atoms with Crippen LogP contribution in [0.25, 0.3) is 11.0 Å². The molecule has 0 radical (unpaired) electrons. The van der Waals surface area contributed by atoms with E-state index >= 15 is 0 Å². The van der Waals surface area contributed by atoms with Crippen molar-refractivity contribution in [3.8, 4) is 5.88 Å². The van der Waals surface area contributed by atoms with Crippen LogP contribution in [0.2, 0.25) is 0 Å². The first-order valence-electron chi connectivity index (χ1n) is 9.92. The summed E-state index contributed by atoms with van der Waals surface area (Å²) in [4.78, 5) is 22.5. The second kappa shape index (κ2) is 8.04. The highest BCUT2D eigenvalue weighted by atomic mass is 16.5. The third kappa shape index (κ3) is 4.18. The molecule has 0 unspecified atom stereocenters. The highest BCUT2D eigenvalue weighted by Crippen LogP contribution is 2.29. The minimum atomic E-state index is 0.0460. The number of aromatic amines is 1. The molecular formula is C21H26N4O3. The van der Waals surface area contributed by atoms with Gasteiger partial charge in [-0.1, -0.05) is 0 Å². The fourth-order valence-electron chi connectivity index (χ4n) is 3.75. The van der Waals surface area contributed by atoms with Crippen molar-refractivity contribution in [1.82, 2.24) is 20.0 Å². The summed E-state index contributed by atoms with van der Waals surface area (Å²) in [6, 6.07) is 7.93. The lowest BCUT2D eigenvalue weighted by atomic mass is 9.94. The highest BCUT2D eigenvalue weighted by molar-refractivity contribution is 5.77. The summed E-state index contributed by atoms with van der Waals surface area (Å²) in [5.74, 6) is 1.63. The van der Waals surface area contributed by atoms with Crippen LogP contribution < -0.4 is 4.74 Å². The van der Waals surface area contributed by atoms with E-state index in [-0.39, 0.29) is 12.0 Å². The number of nitrogens with one attached hydrogen (secondary N) is 1. The second-order valence-electron chi connectivity index (χ2n) is 7.64. The molecule has 4 heterocycles. The van der Waals surface area contributed by atoms with Crippen molar-refractivity contribution in [3.05, 3.63) is 41.9 Å². The van der Waals surface area contributed by atoms with Crippen LogP contribution in [-0.2, 0) is 11.2 Å². The van der Waals surface area contributed by atoms with Gasteiger partial charge in [0.1, 0.15) is 11.4 Å². The first kappa shape index (κ1) is 18.5. The Morgan fingerprint density at radius 2 is 2.32 bits per heavy atom. The van der Waals surface area contributed by atoms with Crippen LogP contribution in [-0.4, -0.2) is 45.1 Å². The Bertz CT molecular complexity index is 913. The van der Waals surface area contributed by atoms with Crippen LogP contribution in [0.5, 0.6) is 5.88 Å². The zero-order chi connectivity index (χ0) is 19.5. The van der Waals surface area contributed by atoms with Crippen molar-refractivity contribution in [3.63, 3.8) is 0 Å². The van der Waals surface area contributed by atoms with Gasteiger partial charge in [-0.25, -0.2) is 4.98 Å². The van der Waals surface area contributed by atoms with E-state index < -0.39 is 0 Å². The average molecular weight is 382 g/mol. The Kier molecular flexibility index (Phi) is 5.32. The van der Waals surface area contributed by atoms with Gasteiger partial charge in [0.05, 0.1) is 6.10 Å².